The van der Waals surface area contributed by atoms with Gasteiger partial charge in [-0.2, -0.15) is 4.57 Å². The highest BCUT2D eigenvalue weighted by Crippen LogP contribution is 2.36. The number of halogens is 6. The van der Waals surface area contributed by atoms with E-state index in [9.17, 15) is 28.8 Å². The number of aromatic nitrogens is 3. The van der Waals surface area contributed by atoms with Gasteiger partial charge in [0.15, 0.2) is 29.7 Å². The molecule has 0 radical (unpaired) electrons. The van der Waals surface area contributed by atoms with Gasteiger partial charge >= 0.3 is 0 Å². The fourth-order valence-corrected chi connectivity index (χ4v) is 12.8. The summed E-state index contributed by atoms with van der Waals surface area (Å²) in [5, 5.41) is 0. The van der Waals surface area contributed by atoms with Crippen LogP contribution in [0.3, 0.4) is 0 Å². The number of benzene rings is 11. The van der Waals surface area contributed by atoms with Gasteiger partial charge in [-0.15, -0.1) is 0 Å². The average Bonchev–Trinajstić information content (AvgIpc) is 0.721. The molecule has 0 fully saturated rings. The van der Waals surface area contributed by atoms with Crippen LogP contribution in [-0.2, 0) is 6.54 Å². The number of aldehydes is 2. The van der Waals surface area contributed by atoms with E-state index in [-0.39, 0.29) is 40.1 Å². The number of ketones is 4. The van der Waals surface area contributed by atoms with E-state index in [1.165, 1.54) is 0 Å². The normalized spacial score (nSPS) is 10.4. The minimum atomic E-state index is -0.0629. The SMILES string of the molecule is Brc1cccc(-c2cc(-c3cccc(-c4cc(-c5ccccc5)nc(-c5cccc(Br)c5)c4)c3)cc(-c3ccccc3)n2)c1.CC(=O)c1cccc(Br)c1.O=C(/C=C/c1cccc(/C=C/C(=O)c2cccc(Br)c2)c1)c1cccc(Br)c1.O=C(C[n+]1ccccc1)c1ccccc1.O=Cc1cccc(C=O)c1.[Br-]. The number of hydrogen-bond acceptors (Lipinski definition) is 8. The molecule has 0 spiro atoms. The van der Waals surface area contributed by atoms with Crippen molar-refractivity contribution in [3.05, 3.63) is 419 Å². The average molecular weight is 1800 g/mol. The Hall–Kier alpha value is -10.8. The van der Waals surface area contributed by atoms with E-state index in [1.807, 2.05) is 169 Å². The van der Waals surface area contributed by atoms with E-state index in [1.54, 1.807) is 85.8 Å². The summed E-state index contributed by atoms with van der Waals surface area (Å²) in [7, 11) is 0. The molecule has 0 aliphatic heterocycles. The van der Waals surface area contributed by atoms with Gasteiger partial charge in [0.2, 0.25) is 12.3 Å². The number of carbonyl (C=O) groups is 6. The summed E-state index contributed by atoms with van der Waals surface area (Å²) in [4.78, 5) is 77.6. The molecule has 0 aliphatic rings. The lowest BCUT2D eigenvalue weighted by Crippen LogP contribution is -3.00. The van der Waals surface area contributed by atoms with Gasteiger partial charge in [0.05, 0.1) is 22.8 Å². The minimum Gasteiger partial charge on any atom is -1.00 e. The molecule has 532 valence electrons. The van der Waals surface area contributed by atoms with E-state index < -0.39 is 0 Å². The number of carbonyl (C=O) groups excluding carboxylic acids is 6. The quantitative estimate of drug-likeness (QED) is 0.0359. The molecule has 14 aromatic rings. The molecule has 14 rings (SSSR count). The van der Waals surface area contributed by atoms with Crippen LogP contribution in [0.5, 0.6) is 0 Å². The van der Waals surface area contributed by atoms with Gasteiger partial charge in [0, 0.05) is 90.1 Å². The maximum absolute atomic E-state index is 12.3. The Morgan fingerprint density at radius 2 is 0.620 bits per heavy atom. The van der Waals surface area contributed by atoms with E-state index in [2.05, 4.69) is 201 Å². The third-order valence-electron chi connectivity index (χ3n) is 16.2. The first-order chi connectivity index (χ1) is 52.0. The van der Waals surface area contributed by atoms with E-state index in [0.29, 0.717) is 41.4 Å². The van der Waals surface area contributed by atoms with E-state index in [4.69, 9.17) is 9.97 Å². The van der Waals surface area contributed by atoms with Gasteiger partial charge in [0.1, 0.15) is 12.6 Å². The lowest BCUT2D eigenvalue weighted by Gasteiger charge is -2.13. The maximum Gasteiger partial charge on any atom is 0.227 e. The van der Waals surface area contributed by atoms with Crippen molar-refractivity contribution in [2.24, 2.45) is 0 Å². The van der Waals surface area contributed by atoms with E-state index in [0.717, 1.165) is 112 Å². The molecule has 108 heavy (non-hydrogen) atoms. The molecule has 11 aromatic carbocycles. The molecular weight excluding hydrogens is 1730 g/mol. The van der Waals surface area contributed by atoms with Crippen LogP contribution in [0.1, 0.15) is 80.2 Å². The summed E-state index contributed by atoms with van der Waals surface area (Å²) in [6.45, 7) is 1.95. The molecule has 0 aliphatic carbocycles. The summed E-state index contributed by atoms with van der Waals surface area (Å²) >= 11 is 17.3. The summed E-state index contributed by atoms with van der Waals surface area (Å²) in [5.41, 5.74) is 18.1. The monoisotopic (exact) mass is 1800 g/mol. The lowest BCUT2D eigenvalue weighted by molar-refractivity contribution is -0.683. The number of Topliss-reactive ketones (excluding diaryl/α,β-unsaturated/α-hetero) is 2. The highest BCUT2D eigenvalue weighted by atomic mass is 79.9. The van der Waals surface area contributed by atoms with Gasteiger partial charge < -0.3 is 17.0 Å². The van der Waals surface area contributed by atoms with Crippen molar-refractivity contribution in [1.82, 2.24) is 9.97 Å². The van der Waals surface area contributed by atoms with E-state index >= 15 is 0 Å². The Bertz CT molecular complexity index is 5230. The summed E-state index contributed by atoms with van der Waals surface area (Å²) in [5.74, 6) is 0.104. The molecule has 9 nitrogen and oxygen atoms in total. The number of rotatable bonds is 18. The molecule has 3 heterocycles. The second-order valence-corrected chi connectivity index (χ2v) is 28.6. The number of allylic oxidation sites excluding steroid dienone is 2. The molecule has 0 atom stereocenters. The Morgan fingerprint density at radius 1 is 0.306 bits per heavy atom. The Labute approximate surface area is 681 Å². The van der Waals surface area contributed by atoms with Crippen molar-refractivity contribution in [1.29, 1.82) is 0 Å². The molecule has 15 heteroatoms. The van der Waals surface area contributed by atoms with Crippen LogP contribution in [0.25, 0.3) is 79.4 Å². The third kappa shape index (κ3) is 25.2. The van der Waals surface area contributed by atoms with Crippen molar-refractivity contribution in [2.75, 3.05) is 0 Å². The molecule has 0 N–H and O–H groups in total. The van der Waals surface area contributed by atoms with Gasteiger partial charge in [-0.3, -0.25) is 28.8 Å². The number of hydrogen-bond donors (Lipinski definition) is 0. The first kappa shape index (κ1) is 81.3. The number of pyridine rings is 3. The Kier molecular flexibility index (Phi) is 31.6. The second kappa shape index (κ2) is 42.0. The summed E-state index contributed by atoms with van der Waals surface area (Å²) in [6.07, 6.45) is 11.9. The van der Waals surface area contributed by atoms with Crippen molar-refractivity contribution in [3.8, 4) is 67.3 Å². The fourth-order valence-electron chi connectivity index (χ4n) is 10.8. The van der Waals surface area contributed by atoms with Crippen LogP contribution >= 0.6 is 79.6 Å². The Morgan fingerprint density at radius 3 is 1.02 bits per heavy atom. The maximum atomic E-state index is 12.3. The molecule has 0 saturated heterocycles. The van der Waals surface area contributed by atoms with Crippen molar-refractivity contribution in [3.63, 3.8) is 0 Å². The predicted octanol–water partition coefficient (Wildman–Crippen LogP) is 21.8. The van der Waals surface area contributed by atoms with Crippen molar-refractivity contribution < 1.29 is 50.3 Å². The first-order valence-corrected chi connectivity index (χ1v) is 37.6. The van der Waals surface area contributed by atoms with Crippen LogP contribution in [0.15, 0.2) is 374 Å². The molecule has 0 saturated carbocycles. The van der Waals surface area contributed by atoms with Crippen LogP contribution in [0.4, 0.5) is 0 Å². The van der Waals surface area contributed by atoms with Crippen molar-refractivity contribution in [2.45, 2.75) is 13.5 Å². The highest BCUT2D eigenvalue weighted by Gasteiger charge is 2.15. The standard InChI is InChI=1S/C40H26Br2N2.C24H16Br2O2.C13H12NO.C8H7BrO.C8H6O2.BrH/c41-35-18-8-16-31(21-35)39-25-33(23-37(43-39)27-10-3-1-4-11-27)29-14-7-15-30(20-29)34-24-38(28-12-5-2-6-13-28)44-40(26-34)32-17-9-19-36(42)22-32;25-21-8-2-6-19(15-21)23(27)12-10-17-4-1-5-18(14-17)11-13-24(28)20-7-3-9-22(26)16-20;15-13(12-7-3-1-4-8-12)11-14-9-5-2-6-10-14;1-6(10)7-3-2-4-8(9)5-7;9-5-7-2-1-3-8(4-7)6-10;/h1-26H;1-16H;1-10H,11H2;2-5H,1H3;1-6H;1H/q;;+1;;;/p-1/b;12-10+,13-11+;;;;. The second-order valence-electron chi connectivity index (χ2n) is 24.0. The Balaban J connectivity index is 0.000000178. The van der Waals surface area contributed by atoms with Gasteiger partial charge in [-0.1, -0.05) is 304 Å². The van der Waals surface area contributed by atoms with Gasteiger partial charge in [-0.05, 0) is 156 Å². The zero-order valence-corrected chi connectivity index (χ0v) is 67.6. The fraction of sp³-hybridized carbons (Fsp3) is 0.0215. The van der Waals surface area contributed by atoms with Gasteiger partial charge in [0.25, 0.3) is 0 Å². The summed E-state index contributed by atoms with van der Waals surface area (Å²) in [6, 6.07) is 106. The zero-order chi connectivity index (χ0) is 75.3. The van der Waals surface area contributed by atoms with Crippen LogP contribution < -0.4 is 21.5 Å². The lowest BCUT2D eigenvalue weighted by atomic mass is 9.95. The first-order valence-electron chi connectivity index (χ1n) is 33.7. The summed E-state index contributed by atoms with van der Waals surface area (Å²) < 4.78 is 6.61. The molecule has 3 aromatic heterocycles. The van der Waals surface area contributed by atoms with Crippen molar-refractivity contribution >= 4 is 128 Å². The molecular formula is C93H67Br6N3O6. The third-order valence-corrected chi connectivity index (χ3v) is 18.6. The van der Waals surface area contributed by atoms with Crippen LogP contribution in [-0.4, -0.2) is 45.7 Å². The predicted molar refractivity (Wildman–Crippen MR) is 450 cm³/mol. The largest absolute Gasteiger partial charge is 1.00 e. The number of nitrogens with zero attached hydrogens (tertiary/aromatic N) is 3. The van der Waals surface area contributed by atoms with Crippen LogP contribution in [0.2, 0.25) is 0 Å². The highest BCUT2D eigenvalue weighted by molar-refractivity contribution is 9.11. The minimum absolute atomic E-state index is 0. The molecule has 0 bridgehead atoms. The molecule has 0 unspecified atom stereocenters. The molecule has 0 amide bonds. The smallest absolute Gasteiger partial charge is 0.227 e. The van der Waals surface area contributed by atoms with Crippen LogP contribution in [0, 0.1) is 0 Å². The zero-order valence-electron chi connectivity index (χ0n) is 58.1. The topological polar surface area (TPSA) is 132 Å². The van der Waals surface area contributed by atoms with Gasteiger partial charge in [-0.25, -0.2) is 9.97 Å².